The predicted octanol–water partition coefficient (Wildman–Crippen LogP) is 2.30. The second kappa shape index (κ2) is 7.46. The molecule has 1 fully saturated rings. The lowest BCUT2D eigenvalue weighted by Crippen LogP contribution is -2.48. The second-order valence-corrected chi connectivity index (χ2v) is 6.03. The number of piperidine rings is 1. The number of methoxy groups -OCH3 is 1. The van der Waals surface area contributed by atoms with Crippen LogP contribution in [-0.2, 0) is 4.79 Å². The second-order valence-electron chi connectivity index (χ2n) is 6.03. The van der Waals surface area contributed by atoms with Crippen molar-refractivity contribution < 1.29 is 9.53 Å². The third kappa shape index (κ3) is 4.46. The number of rotatable bonds is 5. The van der Waals surface area contributed by atoms with Crippen LogP contribution in [0.2, 0.25) is 0 Å². The predicted molar refractivity (Wildman–Crippen MR) is 84.6 cm³/mol. The lowest BCUT2D eigenvalue weighted by molar-refractivity contribution is -0.122. The third-order valence-electron chi connectivity index (χ3n) is 4.29. The summed E-state index contributed by atoms with van der Waals surface area (Å²) in [6.07, 6.45) is 1.53. The summed E-state index contributed by atoms with van der Waals surface area (Å²) in [7, 11) is 1.66. The van der Waals surface area contributed by atoms with E-state index in [9.17, 15) is 4.79 Å². The minimum absolute atomic E-state index is 0.143. The molecule has 0 radical (unpaired) electrons. The van der Waals surface area contributed by atoms with Crippen LogP contribution < -0.4 is 15.4 Å². The molecule has 21 heavy (non-hydrogen) atoms. The van der Waals surface area contributed by atoms with Gasteiger partial charge in [0.2, 0.25) is 5.91 Å². The van der Waals surface area contributed by atoms with Gasteiger partial charge in [-0.2, -0.15) is 0 Å². The van der Waals surface area contributed by atoms with E-state index in [1.807, 2.05) is 24.3 Å². The maximum Gasteiger partial charge on any atom is 0.220 e. The van der Waals surface area contributed by atoms with E-state index in [0.29, 0.717) is 18.4 Å². The summed E-state index contributed by atoms with van der Waals surface area (Å²) < 4.78 is 5.24. The zero-order valence-corrected chi connectivity index (χ0v) is 13.2. The van der Waals surface area contributed by atoms with Crippen molar-refractivity contribution in [1.82, 2.24) is 10.6 Å². The zero-order valence-electron chi connectivity index (χ0n) is 13.2. The molecule has 3 atom stereocenters. The van der Waals surface area contributed by atoms with E-state index >= 15 is 0 Å². The molecule has 4 nitrogen and oxygen atoms in total. The van der Waals surface area contributed by atoms with Crippen molar-refractivity contribution in [3.63, 3.8) is 0 Å². The highest BCUT2D eigenvalue weighted by atomic mass is 16.5. The SMILES string of the molecule is COc1cccc(C(C)CC(=O)NC2CCNCC2C)c1. The van der Waals surface area contributed by atoms with E-state index in [-0.39, 0.29) is 11.8 Å². The monoisotopic (exact) mass is 290 g/mol. The van der Waals surface area contributed by atoms with E-state index in [1.165, 1.54) is 0 Å². The number of hydrogen-bond donors (Lipinski definition) is 2. The summed E-state index contributed by atoms with van der Waals surface area (Å²) in [6, 6.07) is 8.25. The molecule has 1 saturated heterocycles. The van der Waals surface area contributed by atoms with Gasteiger partial charge in [0.15, 0.2) is 0 Å². The van der Waals surface area contributed by atoms with E-state index in [0.717, 1.165) is 30.8 Å². The number of carbonyl (C=O) groups is 1. The molecule has 2 rings (SSSR count). The summed E-state index contributed by atoms with van der Waals surface area (Å²) >= 11 is 0. The van der Waals surface area contributed by atoms with Gasteiger partial charge in [0.1, 0.15) is 5.75 Å². The summed E-state index contributed by atoms with van der Waals surface area (Å²) in [5.41, 5.74) is 1.14. The molecule has 0 aliphatic carbocycles. The molecule has 4 heteroatoms. The van der Waals surface area contributed by atoms with Crippen molar-refractivity contribution in [2.45, 2.75) is 38.6 Å². The molecule has 1 aliphatic heterocycles. The van der Waals surface area contributed by atoms with E-state index < -0.39 is 0 Å². The van der Waals surface area contributed by atoms with Gasteiger partial charge in [0.05, 0.1) is 7.11 Å². The maximum atomic E-state index is 12.2. The fourth-order valence-corrected chi connectivity index (χ4v) is 2.84. The zero-order chi connectivity index (χ0) is 15.2. The van der Waals surface area contributed by atoms with Gasteiger partial charge in [0, 0.05) is 12.5 Å². The van der Waals surface area contributed by atoms with Gasteiger partial charge in [0.25, 0.3) is 0 Å². The molecule has 2 N–H and O–H groups in total. The Labute approximate surface area is 127 Å². The maximum absolute atomic E-state index is 12.2. The quantitative estimate of drug-likeness (QED) is 0.875. The van der Waals surface area contributed by atoms with Crippen LogP contribution >= 0.6 is 0 Å². The van der Waals surface area contributed by atoms with Gasteiger partial charge in [-0.3, -0.25) is 4.79 Å². The summed E-state index contributed by atoms with van der Waals surface area (Å²) in [5.74, 6) is 1.67. The molecule has 0 aromatic heterocycles. The lowest BCUT2D eigenvalue weighted by Gasteiger charge is -2.30. The summed E-state index contributed by atoms with van der Waals surface area (Å²) in [6.45, 7) is 6.24. The molecule has 0 spiro atoms. The number of nitrogens with one attached hydrogen (secondary N) is 2. The molecule has 1 amide bonds. The van der Waals surface area contributed by atoms with Crippen LogP contribution in [0.3, 0.4) is 0 Å². The Balaban J connectivity index is 1.89. The number of carbonyl (C=O) groups excluding carboxylic acids is 1. The van der Waals surface area contributed by atoms with Crippen LogP contribution in [0.15, 0.2) is 24.3 Å². The van der Waals surface area contributed by atoms with Crippen LogP contribution in [0.1, 0.15) is 38.2 Å². The first-order valence-corrected chi connectivity index (χ1v) is 7.74. The number of amides is 1. The van der Waals surface area contributed by atoms with Gasteiger partial charge >= 0.3 is 0 Å². The van der Waals surface area contributed by atoms with E-state index in [1.54, 1.807) is 7.11 Å². The van der Waals surface area contributed by atoms with Crippen molar-refractivity contribution in [3.8, 4) is 5.75 Å². The van der Waals surface area contributed by atoms with Crippen LogP contribution in [-0.4, -0.2) is 32.1 Å². The summed E-state index contributed by atoms with van der Waals surface area (Å²) in [4.78, 5) is 12.2. The molecule has 1 aliphatic rings. The Bertz CT molecular complexity index is 476. The first-order chi connectivity index (χ1) is 10.1. The molecule has 0 saturated carbocycles. The third-order valence-corrected chi connectivity index (χ3v) is 4.29. The minimum atomic E-state index is 0.143. The van der Waals surface area contributed by atoms with Crippen molar-refractivity contribution in [2.75, 3.05) is 20.2 Å². The molecular weight excluding hydrogens is 264 g/mol. The Kier molecular flexibility index (Phi) is 5.62. The Morgan fingerprint density at radius 2 is 2.33 bits per heavy atom. The van der Waals surface area contributed by atoms with E-state index in [2.05, 4.69) is 24.5 Å². The molecule has 1 aromatic carbocycles. The van der Waals surface area contributed by atoms with Crippen molar-refractivity contribution in [1.29, 1.82) is 0 Å². The average Bonchev–Trinajstić information content (AvgIpc) is 2.49. The van der Waals surface area contributed by atoms with Gasteiger partial charge in [-0.05, 0) is 49.0 Å². The normalized spacial score (nSPS) is 23.4. The molecule has 0 bridgehead atoms. The lowest BCUT2D eigenvalue weighted by atomic mass is 9.93. The fourth-order valence-electron chi connectivity index (χ4n) is 2.84. The highest BCUT2D eigenvalue weighted by Gasteiger charge is 2.23. The largest absolute Gasteiger partial charge is 0.497 e. The van der Waals surface area contributed by atoms with Crippen molar-refractivity contribution in [3.05, 3.63) is 29.8 Å². The van der Waals surface area contributed by atoms with Crippen molar-refractivity contribution >= 4 is 5.91 Å². The topological polar surface area (TPSA) is 50.4 Å². The van der Waals surface area contributed by atoms with Gasteiger partial charge in [-0.1, -0.05) is 26.0 Å². The standard InChI is InChI=1S/C17H26N2O2/c1-12(14-5-4-6-15(10-14)21-3)9-17(20)19-16-7-8-18-11-13(16)2/h4-6,10,12-13,16,18H,7-9,11H2,1-3H3,(H,19,20). The smallest absolute Gasteiger partial charge is 0.220 e. The van der Waals surface area contributed by atoms with E-state index in [4.69, 9.17) is 4.74 Å². The Hall–Kier alpha value is -1.55. The van der Waals surface area contributed by atoms with Gasteiger partial charge in [-0.15, -0.1) is 0 Å². The Morgan fingerprint density at radius 3 is 3.05 bits per heavy atom. The fraction of sp³-hybridized carbons (Fsp3) is 0.588. The molecule has 116 valence electrons. The average molecular weight is 290 g/mol. The Morgan fingerprint density at radius 1 is 1.52 bits per heavy atom. The number of hydrogen-bond acceptors (Lipinski definition) is 3. The highest BCUT2D eigenvalue weighted by Crippen LogP contribution is 2.23. The molecule has 3 unspecified atom stereocenters. The van der Waals surface area contributed by atoms with Crippen LogP contribution in [0.25, 0.3) is 0 Å². The first kappa shape index (κ1) is 15.8. The first-order valence-electron chi connectivity index (χ1n) is 7.74. The van der Waals surface area contributed by atoms with Crippen molar-refractivity contribution in [2.24, 2.45) is 5.92 Å². The number of ether oxygens (including phenoxy) is 1. The van der Waals surface area contributed by atoms with Crippen LogP contribution in [0, 0.1) is 5.92 Å². The molecular formula is C17H26N2O2. The molecule has 1 aromatic rings. The van der Waals surface area contributed by atoms with Crippen LogP contribution in [0.5, 0.6) is 5.75 Å². The number of benzene rings is 1. The molecule has 1 heterocycles. The van der Waals surface area contributed by atoms with Crippen LogP contribution in [0.4, 0.5) is 0 Å². The minimum Gasteiger partial charge on any atom is -0.497 e. The highest BCUT2D eigenvalue weighted by molar-refractivity contribution is 5.77. The summed E-state index contributed by atoms with van der Waals surface area (Å²) in [5, 5.41) is 6.54. The van der Waals surface area contributed by atoms with Gasteiger partial charge in [-0.25, -0.2) is 0 Å². The van der Waals surface area contributed by atoms with Gasteiger partial charge < -0.3 is 15.4 Å².